The first-order valence-electron chi connectivity index (χ1n) is 7.78. The number of fused-ring (bicyclic) bond motifs is 3. The van der Waals surface area contributed by atoms with E-state index in [0.717, 1.165) is 6.42 Å². The molecule has 0 amide bonds. The third-order valence-electron chi connectivity index (χ3n) is 4.21. The Bertz CT molecular complexity index is 680. The van der Waals surface area contributed by atoms with Gasteiger partial charge in [-0.15, -0.1) is 0 Å². The molecule has 0 saturated heterocycles. The van der Waals surface area contributed by atoms with Crippen LogP contribution < -0.4 is 6.53 Å². The Morgan fingerprint density at radius 2 is 1.57 bits per heavy atom. The summed E-state index contributed by atoms with van der Waals surface area (Å²) in [5.74, 6) is 0. The molecule has 0 atom stereocenters. The number of hydrogen-bond acceptors (Lipinski definition) is 1. The fourth-order valence-corrected chi connectivity index (χ4v) is 12.4. The Labute approximate surface area is 133 Å². The standard InChI is InChI=1S/C13H9.C4H10N.2CH3.Zr/c1-3-7-12-10(5-1)9-11-6-2-4-8-13(11)12;1-4(2,3)5;;;/h1-5,7-8H,9H2;5H,1-3H3;2*1H3;/q;-1;;;+1. The van der Waals surface area contributed by atoms with Gasteiger partial charge in [-0.2, -0.15) is 0 Å². The van der Waals surface area contributed by atoms with Crippen molar-refractivity contribution < 1.29 is 20.6 Å². The quantitative estimate of drug-likeness (QED) is 0.714. The van der Waals surface area contributed by atoms with Gasteiger partial charge in [0, 0.05) is 0 Å². The molecular weight excluding hydrogens is 333 g/mol. The summed E-state index contributed by atoms with van der Waals surface area (Å²) in [5, 5.41) is 0. The van der Waals surface area contributed by atoms with Gasteiger partial charge >= 0.3 is 134 Å². The molecule has 2 aromatic rings. The molecule has 1 aliphatic rings. The molecular formula is C19H25NZr. The minimum absolute atomic E-state index is 0.188. The van der Waals surface area contributed by atoms with Crippen molar-refractivity contribution in [1.29, 1.82) is 0 Å². The summed E-state index contributed by atoms with van der Waals surface area (Å²) in [6.07, 6.45) is 1.11. The normalized spacial score (nSPS) is 14.0. The Kier molecular flexibility index (Phi) is 3.75. The molecule has 0 fully saturated rings. The zero-order chi connectivity index (χ0) is 15.3. The van der Waals surface area contributed by atoms with Gasteiger partial charge in [-0.25, -0.2) is 0 Å². The molecule has 0 unspecified atom stereocenters. The van der Waals surface area contributed by atoms with E-state index in [-0.39, 0.29) is 5.54 Å². The van der Waals surface area contributed by atoms with E-state index in [9.17, 15) is 0 Å². The van der Waals surface area contributed by atoms with Crippen LogP contribution in [0.3, 0.4) is 0 Å². The van der Waals surface area contributed by atoms with Crippen molar-refractivity contribution in [3.05, 3.63) is 53.6 Å². The minimum atomic E-state index is -2.49. The summed E-state index contributed by atoms with van der Waals surface area (Å²) >= 11 is -2.49. The van der Waals surface area contributed by atoms with Crippen molar-refractivity contribution in [1.82, 2.24) is 3.26 Å². The molecule has 0 saturated carbocycles. The summed E-state index contributed by atoms with van der Waals surface area (Å²) < 4.78 is 10.6. The van der Waals surface area contributed by atoms with E-state index in [1.807, 2.05) is 0 Å². The second-order valence-corrected chi connectivity index (χ2v) is 17.6. The summed E-state index contributed by atoms with van der Waals surface area (Å²) in [6, 6.07) is 15.8. The van der Waals surface area contributed by atoms with Crippen molar-refractivity contribution in [2.75, 3.05) is 0 Å². The molecule has 3 rings (SSSR count). The van der Waals surface area contributed by atoms with Crippen molar-refractivity contribution in [3.8, 4) is 11.1 Å². The van der Waals surface area contributed by atoms with Crippen LogP contribution in [0, 0.1) is 0 Å². The Morgan fingerprint density at radius 3 is 2.29 bits per heavy atom. The molecule has 2 aromatic carbocycles. The summed E-state index contributed by atoms with van der Waals surface area (Å²) in [5.41, 5.74) is 6.15. The van der Waals surface area contributed by atoms with Crippen molar-refractivity contribution in [3.63, 3.8) is 0 Å². The van der Waals surface area contributed by atoms with Crippen LogP contribution in [-0.4, -0.2) is 5.54 Å². The molecule has 0 spiro atoms. The summed E-state index contributed by atoms with van der Waals surface area (Å²) in [7, 11) is 0. The summed E-state index contributed by atoms with van der Waals surface area (Å²) in [4.78, 5) is 0. The predicted octanol–water partition coefficient (Wildman–Crippen LogP) is 4.44. The Hall–Kier alpha value is -0.717. The molecule has 2 heteroatoms. The van der Waals surface area contributed by atoms with Crippen molar-refractivity contribution in [2.24, 2.45) is 0 Å². The first-order valence-corrected chi connectivity index (χ1v) is 15.2. The van der Waals surface area contributed by atoms with E-state index in [4.69, 9.17) is 0 Å². The monoisotopic (exact) mass is 357 g/mol. The third kappa shape index (κ3) is 2.94. The SMILES string of the molecule is CC(C)(C)[NH][Zr]([CH3])([CH3])[c]1cccc2c1Cc1ccccc1-2. The maximum absolute atomic E-state index is 3.98. The van der Waals surface area contributed by atoms with Crippen LogP contribution in [0.25, 0.3) is 11.1 Å². The molecule has 1 N–H and O–H groups in total. The molecule has 0 heterocycles. The van der Waals surface area contributed by atoms with Crippen LogP contribution in [0.4, 0.5) is 0 Å². The number of rotatable bonds is 2. The third-order valence-corrected chi connectivity index (χ3v) is 12.1. The Morgan fingerprint density at radius 1 is 0.905 bits per heavy atom. The van der Waals surface area contributed by atoms with E-state index >= 15 is 0 Å². The van der Waals surface area contributed by atoms with Crippen LogP contribution in [0.2, 0.25) is 9.26 Å². The van der Waals surface area contributed by atoms with Gasteiger partial charge in [-0.3, -0.25) is 0 Å². The van der Waals surface area contributed by atoms with Crippen molar-refractivity contribution in [2.45, 2.75) is 42.0 Å². The van der Waals surface area contributed by atoms with Gasteiger partial charge in [-0.05, 0) is 0 Å². The van der Waals surface area contributed by atoms with Crippen LogP contribution in [-0.2, 0) is 27.0 Å². The molecule has 1 nitrogen and oxygen atoms in total. The molecule has 0 bridgehead atoms. The van der Waals surface area contributed by atoms with Gasteiger partial charge in [0.25, 0.3) is 0 Å². The molecule has 110 valence electrons. The Balaban J connectivity index is 2.08. The van der Waals surface area contributed by atoms with Gasteiger partial charge in [0.2, 0.25) is 0 Å². The van der Waals surface area contributed by atoms with E-state index in [0.29, 0.717) is 0 Å². The molecule has 1 aliphatic carbocycles. The van der Waals surface area contributed by atoms with Crippen molar-refractivity contribution >= 4 is 3.27 Å². The van der Waals surface area contributed by atoms with E-state index < -0.39 is 20.6 Å². The van der Waals surface area contributed by atoms with Crippen LogP contribution >= 0.6 is 0 Å². The van der Waals surface area contributed by atoms with Crippen LogP contribution in [0.1, 0.15) is 31.9 Å². The average Bonchev–Trinajstić information content (AvgIpc) is 2.74. The zero-order valence-corrected chi connectivity index (χ0v) is 16.2. The first-order chi connectivity index (χ1) is 9.78. The number of benzene rings is 2. The second-order valence-electron chi connectivity index (χ2n) is 7.67. The van der Waals surface area contributed by atoms with Gasteiger partial charge < -0.3 is 0 Å². The molecule has 0 radical (unpaired) electrons. The van der Waals surface area contributed by atoms with Crippen LogP contribution in [0.15, 0.2) is 42.5 Å². The molecule has 0 aromatic heterocycles. The summed E-state index contributed by atoms with van der Waals surface area (Å²) in [6.45, 7) is 6.84. The maximum atomic E-state index is 3.98. The average molecular weight is 359 g/mol. The van der Waals surface area contributed by atoms with Crippen LogP contribution in [0.5, 0.6) is 0 Å². The first kappa shape index (κ1) is 15.2. The predicted molar refractivity (Wildman–Crippen MR) is 88.9 cm³/mol. The van der Waals surface area contributed by atoms with E-state index in [2.05, 4.69) is 75.8 Å². The van der Waals surface area contributed by atoms with Gasteiger partial charge in [0.15, 0.2) is 0 Å². The number of nitrogens with one attached hydrogen (secondary N) is 1. The van der Waals surface area contributed by atoms with Gasteiger partial charge in [0.1, 0.15) is 0 Å². The topological polar surface area (TPSA) is 12.0 Å². The van der Waals surface area contributed by atoms with Gasteiger partial charge in [0.05, 0.1) is 0 Å². The second kappa shape index (κ2) is 5.18. The van der Waals surface area contributed by atoms with E-state index in [1.54, 1.807) is 8.83 Å². The zero-order valence-electron chi connectivity index (χ0n) is 13.7. The fourth-order valence-electron chi connectivity index (χ4n) is 3.75. The molecule has 0 aliphatic heterocycles. The van der Waals surface area contributed by atoms with E-state index in [1.165, 1.54) is 16.7 Å². The van der Waals surface area contributed by atoms with Gasteiger partial charge in [-0.1, -0.05) is 0 Å². The number of hydrogen-bond donors (Lipinski definition) is 1. The fraction of sp³-hybridized carbons (Fsp3) is 0.368. The molecule has 21 heavy (non-hydrogen) atoms.